The summed E-state index contributed by atoms with van der Waals surface area (Å²) in [7, 11) is 0. The quantitative estimate of drug-likeness (QED) is 0.799. The Balaban J connectivity index is 1.54. The van der Waals surface area contributed by atoms with Gasteiger partial charge < -0.3 is 10.6 Å². The summed E-state index contributed by atoms with van der Waals surface area (Å²) >= 11 is 0. The number of hydrogen-bond acceptors (Lipinski definition) is 5. The normalized spacial score (nSPS) is 20.1. The first-order valence-corrected chi connectivity index (χ1v) is 10.9. The van der Waals surface area contributed by atoms with Crippen molar-refractivity contribution in [2.45, 2.75) is 45.2 Å². The molecule has 2 aromatic rings. The number of rotatable bonds is 6. The number of carbonyl (C=O) groups excluding carboxylic acids is 1. The molecule has 6 nitrogen and oxygen atoms in total. The summed E-state index contributed by atoms with van der Waals surface area (Å²) in [5.74, 6) is 1.23. The van der Waals surface area contributed by atoms with E-state index in [4.69, 9.17) is 5.73 Å². The van der Waals surface area contributed by atoms with Crippen LogP contribution in [0, 0.1) is 17.2 Å². The average molecular weight is 404 g/mol. The van der Waals surface area contributed by atoms with E-state index in [1.807, 2.05) is 17.0 Å². The molecule has 2 aliphatic rings. The van der Waals surface area contributed by atoms with Crippen LogP contribution < -0.4 is 5.73 Å². The molecule has 1 unspecified atom stereocenters. The van der Waals surface area contributed by atoms with Gasteiger partial charge in [-0.2, -0.15) is 5.26 Å². The summed E-state index contributed by atoms with van der Waals surface area (Å²) < 4.78 is 0. The van der Waals surface area contributed by atoms with Crippen molar-refractivity contribution in [2.75, 3.05) is 25.4 Å². The Kier molecular flexibility index (Phi) is 6.01. The van der Waals surface area contributed by atoms with Crippen molar-refractivity contribution in [3.63, 3.8) is 0 Å². The summed E-state index contributed by atoms with van der Waals surface area (Å²) in [5, 5.41) is 9.24. The second kappa shape index (κ2) is 8.85. The molecule has 2 fully saturated rings. The second-order valence-corrected chi connectivity index (χ2v) is 8.41. The maximum Gasteiger partial charge on any atom is 0.239 e. The van der Waals surface area contributed by atoms with Gasteiger partial charge in [0.15, 0.2) is 0 Å². The second-order valence-electron chi connectivity index (χ2n) is 8.41. The number of aromatic nitrogens is 1. The van der Waals surface area contributed by atoms with E-state index in [0.717, 1.165) is 43.7 Å². The zero-order valence-corrected chi connectivity index (χ0v) is 17.6. The van der Waals surface area contributed by atoms with Crippen molar-refractivity contribution >= 4 is 11.7 Å². The number of nitrogens with zero attached hydrogens (tertiary/aromatic N) is 4. The maximum atomic E-state index is 13.1. The molecular weight excluding hydrogens is 374 g/mol. The van der Waals surface area contributed by atoms with Crippen LogP contribution in [0.2, 0.25) is 0 Å². The molecule has 0 radical (unpaired) electrons. The fraction of sp³-hybridized carbons (Fsp3) is 0.458. The van der Waals surface area contributed by atoms with Crippen LogP contribution in [0.1, 0.15) is 43.7 Å². The fourth-order valence-electron chi connectivity index (χ4n) is 4.49. The number of benzene rings is 1. The van der Waals surface area contributed by atoms with Crippen LogP contribution in [0.4, 0.5) is 5.82 Å². The molecular formula is C24H29N5O. The smallest absolute Gasteiger partial charge is 0.239 e. The molecule has 2 N–H and O–H groups in total. The standard InChI is InChI=1S/C24H29N5O/c1-2-28-9-10-29(22(24(28)30)12-17-5-3-6-17)16-18-7-4-8-19(11-18)21-13-20(14-25)23(26)27-15-21/h4,7-8,11,13,15,17,22H,2-3,5-6,9-10,12,16H2,1H3,(H2,26,27). The summed E-state index contributed by atoms with van der Waals surface area (Å²) in [6, 6.07) is 12.1. The van der Waals surface area contributed by atoms with Crippen molar-refractivity contribution in [2.24, 2.45) is 5.92 Å². The van der Waals surface area contributed by atoms with E-state index < -0.39 is 0 Å². The SMILES string of the molecule is CCN1CCN(Cc2cccc(-c3cnc(N)c(C#N)c3)c2)C(CC2CCC2)C1=O. The molecule has 1 saturated carbocycles. The average Bonchev–Trinajstić information content (AvgIpc) is 2.73. The van der Waals surface area contributed by atoms with E-state index in [2.05, 4.69) is 35.0 Å². The molecule has 0 bridgehead atoms. The van der Waals surface area contributed by atoms with E-state index in [9.17, 15) is 10.1 Å². The molecule has 1 saturated heterocycles. The number of pyridine rings is 1. The van der Waals surface area contributed by atoms with E-state index in [-0.39, 0.29) is 17.8 Å². The highest BCUT2D eigenvalue weighted by molar-refractivity contribution is 5.82. The van der Waals surface area contributed by atoms with Crippen LogP contribution in [-0.4, -0.2) is 46.4 Å². The monoisotopic (exact) mass is 403 g/mol. The van der Waals surface area contributed by atoms with Gasteiger partial charge in [-0.1, -0.05) is 37.5 Å². The van der Waals surface area contributed by atoms with Crippen LogP contribution in [0.5, 0.6) is 0 Å². The highest BCUT2D eigenvalue weighted by Gasteiger charge is 2.36. The zero-order chi connectivity index (χ0) is 21.1. The van der Waals surface area contributed by atoms with Crippen molar-refractivity contribution in [1.29, 1.82) is 5.26 Å². The highest BCUT2D eigenvalue weighted by atomic mass is 16.2. The summed E-state index contributed by atoms with van der Waals surface area (Å²) in [4.78, 5) is 21.6. The molecule has 1 aliphatic carbocycles. The number of nitrogens with two attached hydrogens (primary N) is 1. The van der Waals surface area contributed by atoms with Crippen LogP contribution in [0.15, 0.2) is 36.5 Å². The Morgan fingerprint density at radius 3 is 2.77 bits per heavy atom. The van der Waals surface area contributed by atoms with E-state index in [0.29, 0.717) is 11.5 Å². The molecule has 156 valence electrons. The lowest BCUT2D eigenvalue weighted by molar-refractivity contribution is -0.143. The lowest BCUT2D eigenvalue weighted by Crippen LogP contribution is -2.57. The Labute approximate surface area is 178 Å². The number of amides is 1. The van der Waals surface area contributed by atoms with Gasteiger partial charge in [-0.3, -0.25) is 9.69 Å². The fourth-order valence-corrected chi connectivity index (χ4v) is 4.49. The first-order chi connectivity index (χ1) is 14.6. The van der Waals surface area contributed by atoms with E-state index in [1.54, 1.807) is 12.3 Å². The summed E-state index contributed by atoms with van der Waals surface area (Å²) in [6.45, 7) is 5.30. The van der Waals surface area contributed by atoms with Crippen molar-refractivity contribution in [3.8, 4) is 17.2 Å². The van der Waals surface area contributed by atoms with E-state index >= 15 is 0 Å². The molecule has 1 aromatic carbocycles. The topological polar surface area (TPSA) is 86.2 Å². The third-order valence-corrected chi connectivity index (χ3v) is 6.54. The summed E-state index contributed by atoms with van der Waals surface area (Å²) in [6.07, 6.45) is 6.49. The zero-order valence-electron chi connectivity index (χ0n) is 17.6. The molecule has 1 aliphatic heterocycles. The summed E-state index contributed by atoms with van der Waals surface area (Å²) in [5.41, 5.74) is 9.20. The molecule has 1 aromatic heterocycles. The van der Waals surface area contributed by atoms with Gasteiger partial charge in [0.2, 0.25) is 5.91 Å². The van der Waals surface area contributed by atoms with Gasteiger partial charge in [0, 0.05) is 37.9 Å². The predicted molar refractivity (Wildman–Crippen MR) is 117 cm³/mol. The Hall–Kier alpha value is -2.91. The molecule has 0 spiro atoms. The number of nitrogen functional groups attached to an aromatic ring is 1. The molecule has 2 heterocycles. The Bertz CT molecular complexity index is 962. The van der Waals surface area contributed by atoms with Gasteiger partial charge in [0.1, 0.15) is 11.9 Å². The minimum absolute atomic E-state index is 0.0176. The number of piperazine rings is 1. The Morgan fingerprint density at radius 2 is 2.07 bits per heavy atom. The number of likely N-dealkylation sites (N-methyl/N-ethyl adjacent to an activating group) is 1. The van der Waals surface area contributed by atoms with Gasteiger partial charge >= 0.3 is 0 Å². The van der Waals surface area contributed by atoms with Crippen LogP contribution in [-0.2, 0) is 11.3 Å². The van der Waals surface area contributed by atoms with E-state index in [1.165, 1.54) is 24.8 Å². The van der Waals surface area contributed by atoms with Gasteiger partial charge in [-0.05, 0) is 42.5 Å². The minimum Gasteiger partial charge on any atom is -0.383 e. The van der Waals surface area contributed by atoms with Gasteiger partial charge in [-0.25, -0.2) is 4.98 Å². The number of anilines is 1. The minimum atomic E-state index is -0.0176. The van der Waals surface area contributed by atoms with Crippen LogP contribution >= 0.6 is 0 Å². The molecule has 1 amide bonds. The van der Waals surface area contributed by atoms with Gasteiger partial charge in [0.25, 0.3) is 0 Å². The van der Waals surface area contributed by atoms with Gasteiger partial charge in [-0.15, -0.1) is 0 Å². The van der Waals surface area contributed by atoms with Crippen LogP contribution in [0.3, 0.4) is 0 Å². The first kappa shape index (κ1) is 20.4. The van der Waals surface area contributed by atoms with Crippen molar-refractivity contribution < 1.29 is 4.79 Å². The predicted octanol–water partition coefficient (Wildman–Crippen LogP) is 3.43. The van der Waals surface area contributed by atoms with Crippen molar-refractivity contribution in [3.05, 3.63) is 47.7 Å². The molecule has 4 rings (SSSR count). The molecule has 6 heteroatoms. The third kappa shape index (κ3) is 4.17. The lowest BCUT2D eigenvalue weighted by atomic mass is 9.80. The molecule has 30 heavy (non-hydrogen) atoms. The highest BCUT2D eigenvalue weighted by Crippen LogP contribution is 2.33. The third-order valence-electron chi connectivity index (χ3n) is 6.54. The van der Waals surface area contributed by atoms with Crippen molar-refractivity contribution in [1.82, 2.24) is 14.8 Å². The number of nitriles is 1. The first-order valence-electron chi connectivity index (χ1n) is 10.9. The Morgan fingerprint density at radius 1 is 1.23 bits per heavy atom. The maximum absolute atomic E-state index is 13.1. The molecule has 1 atom stereocenters. The number of carbonyl (C=O) groups is 1. The van der Waals surface area contributed by atoms with Gasteiger partial charge in [0.05, 0.1) is 11.6 Å². The lowest BCUT2D eigenvalue weighted by Gasteiger charge is -2.43. The number of hydrogen-bond donors (Lipinski definition) is 1. The largest absolute Gasteiger partial charge is 0.383 e. The van der Waals surface area contributed by atoms with Crippen LogP contribution in [0.25, 0.3) is 11.1 Å².